The minimum atomic E-state index is -0.821. The second-order valence-corrected chi connectivity index (χ2v) is 6.78. The molecule has 0 radical (unpaired) electrons. The van der Waals surface area contributed by atoms with Crippen LogP contribution in [0.4, 0.5) is 4.39 Å². The maximum Gasteiger partial charge on any atom is 0.255 e. The molecule has 0 aliphatic carbocycles. The summed E-state index contributed by atoms with van der Waals surface area (Å²) in [7, 11) is 0. The molecule has 26 heavy (non-hydrogen) atoms. The van der Waals surface area contributed by atoms with Crippen LogP contribution in [0.3, 0.4) is 0 Å². The first kappa shape index (κ1) is 16.9. The van der Waals surface area contributed by atoms with Gasteiger partial charge in [-0.25, -0.2) is 14.4 Å². The van der Waals surface area contributed by atoms with E-state index in [1.807, 2.05) is 6.92 Å². The largest absolute Gasteiger partial charge is 0.338 e. The van der Waals surface area contributed by atoms with Crippen LogP contribution in [-0.2, 0) is 0 Å². The number of carbonyl (C=O) groups is 1. The number of nitrogens with zero attached hydrogens (tertiary/aromatic N) is 5. The maximum atomic E-state index is 13.3. The quantitative estimate of drug-likeness (QED) is 0.691. The van der Waals surface area contributed by atoms with Gasteiger partial charge >= 0.3 is 0 Å². The van der Waals surface area contributed by atoms with Crippen molar-refractivity contribution in [3.05, 3.63) is 47.1 Å². The molecule has 0 atom stereocenters. The Morgan fingerprint density at radius 3 is 2.69 bits per heavy atom. The van der Waals surface area contributed by atoms with Crippen molar-refractivity contribution >= 4 is 28.5 Å². The summed E-state index contributed by atoms with van der Waals surface area (Å²) in [5.41, 5.74) is 1.81. The first-order valence-corrected chi connectivity index (χ1v) is 8.80. The van der Waals surface area contributed by atoms with Crippen molar-refractivity contribution in [2.45, 2.75) is 25.9 Å². The maximum absolute atomic E-state index is 13.3. The van der Waals surface area contributed by atoms with Crippen LogP contribution in [0.1, 0.15) is 28.9 Å². The predicted octanol–water partition coefficient (Wildman–Crippen LogP) is 3.35. The lowest BCUT2D eigenvalue weighted by Crippen LogP contribution is -2.39. The van der Waals surface area contributed by atoms with Crippen LogP contribution in [0.5, 0.6) is 0 Å². The van der Waals surface area contributed by atoms with E-state index in [0.717, 1.165) is 5.69 Å². The molecule has 134 valence electrons. The Hall–Kier alpha value is -2.54. The first-order chi connectivity index (χ1) is 12.5. The zero-order valence-corrected chi connectivity index (χ0v) is 14.9. The van der Waals surface area contributed by atoms with Gasteiger partial charge < -0.3 is 4.90 Å². The molecule has 1 saturated heterocycles. The van der Waals surface area contributed by atoms with Gasteiger partial charge in [-0.05, 0) is 25.8 Å². The van der Waals surface area contributed by atoms with Gasteiger partial charge in [0.15, 0.2) is 5.82 Å². The summed E-state index contributed by atoms with van der Waals surface area (Å²) in [6, 6.07) is 1.73. The number of pyridine rings is 1. The number of amides is 1. The summed E-state index contributed by atoms with van der Waals surface area (Å²) < 4.78 is 15.1. The molecule has 1 aliphatic rings. The molecule has 8 heteroatoms. The third kappa shape index (κ3) is 2.92. The minimum absolute atomic E-state index is 0.147. The van der Waals surface area contributed by atoms with E-state index in [-0.39, 0.29) is 5.91 Å². The molecule has 1 fully saturated rings. The highest BCUT2D eigenvalue weighted by molar-refractivity contribution is 6.35. The number of rotatable bonds is 2. The molecule has 4 rings (SSSR count). The molecule has 1 amide bonds. The molecule has 4 heterocycles. The average Bonchev–Trinajstić information content (AvgIpc) is 2.98. The standard InChI is InChI=1S/C18H17ClFN5O/c1-11-16(22-5-4-21-11)25-10-15(19)14-8-12(9-23-17(14)25)18(26)24-6-2-13(20)3-7-24/h4-5,8-10,13H,2-3,6-7H2,1H3. The molecule has 0 spiro atoms. The normalized spacial score (nSPS) is 15.6. The summed E-state index contributed by atoms with van der Waals surface area (Å²) >= 11 is 6.38. The fourth-order valence-electron chi connectivity index (χ4n) is 3.22. The van der Waals surface area contributed by atoms with Gasteiger partial charge in [0.05, 0.1) is 16.3 Å². The van der Waals surface area contributed by atoms with Gasteiger partial charge in [-0.3, -0.25) is 14.3 Å². The monoisotopic (exact) mass is 373 g/mol. The van der Waals surface area contributed by atoms with Gasteiger partial charge in [-0.1, -0.05) is 11.6 Å². The van der Waals surface area contributed by atoms with Crippen LogP contribution in [0, 0.1) is 6.92 Å². The van der Waals surface area contributed by atoms with E-state index in [1.54, 1.807) is 34.1 Å². The number of likely N-dealkylation sites (tertiary alicyclic amines) is 1. The highest BCUT2D eigenvalue weighted by Gasteiger charge is 2.24. The zero-order valence-electron chi connectivity index (χ0n) is 14.2. The third-order valence-electron chi connectivity index (χ3n) is 4.64. The van der Waals surface area contributed by atoms with Gasteiger partial charge in [0.2, 0.25) is 0 Å². The molecule has 0 N–H and O–H groups in total. The zero-order chi connectivity index (χ0) is 18.3. The van der Waals surface area contributed by atoms with Crippen LogP contribution >= 0.6 is 11.6 Å². The van der Waals surface area contributed by atoms with Crippen LogP contribution in [-0.4, -0.2) is 49.6 Å². The van der Waals surface area contributed by atoms with E-state index in [9.17, 15) is 9.18 Å². The summed E-state index contributed by atoms with van der Waals surface area (Å²) in [5, 5.41) is 1.15. The lowest BCUT2D eigenvalue weighted by Gasteiger charge is -2.28. The van der Waals surface area contributed by atoms with E-state index >= 15 is 0 Å². The number of fused-ring (bicyclic) bond motifs is 1. The Morgan fingerprint density at radius 1 is 1.23 bits per heavy atom. The van der Waals surface area contributed by atoms with Gasteiger partial charge in [0.25, 0.3) is 5.91 Å². The first-order valence-electron chi connectivity index (χ1n) is 8.42. The number of alkyl halides is 1. The fourth-order valence-corrected chi connectivity index (χ4v) is 3.45. The predicted molar refractivity (Wildman–Crippen MR) is 96.4 cm³/mol. The number of hydrogen-bond donors (Lipinski definition) is 0. The van der Waals surface area contributed by atoms with Crippen molar-refractivity contribution in [2.24, 2.45) is 0 Å². The highest BCUT2D eigenvalue weighted by Crippen LogP contribution is 2.28. The number of halogens is 2. The van der Waals surface area contributed by atoms with Crippen molar-refractivity contribution in [1.82, 2.24) is 24.4 Å². The minimum Gasteiger partial charge on any atom is -0.338 e. The van der Waals surface area contributed by atoms with Crippen molar-refractivity contribution < 1.29 is 9.18 Å². The molecule has 0 saturated carbocycles. The Labute approximate surface area is 154 Å². The second kappa shape index (κ2) is 6.64. The van der Waals surface area contributed by atoms with Gasteiger partial charge in [0.1, 0.15) is 11.8 Å². The number of aromatic nitrogens is 4. The summed E-state index contributed by atoms with van der Waals surface area (Å²) in [6.07, 6.45) is 6.42. The Balaban J connectivity index is 1.72. The van der Waals surface area contributed by atoms with Crippen molar-refractivity contribution in [3.63, 3.8) is 0 Å². The lowest BCUT2D eigenvalue weighted by molar-refractivity contribution is 0.0667. The molecule has 0 bridgehead atoms. The van der Waals surface area contributed by atoms with Gasteiger partial charge in [0, 0.05) is 43.3 Å². The molecular weight excluding hydrogens is 357 g/mol. The van der Waals surface area contributed by atoms with Crippen LogP contribution in [0.2, 0.25) is 5.02 Å². The van der Waals surface area contributed by atoms with Crippen molar-refractivity contribution in [2.75, 3.05) is 13.1 Å². The number of carbonyl (C=O) groups excluding carboxylic acids is 1. The van der Waals surface area contributed by atoms with Gasteiger partial charge in [-0.2, -0.15) is 0 Å². The third-order valence-corrected chi connectivity index (χ3v) is 4.94. The highest BCUT2D eigenvalue weighted by atomic mass is 35.5. The Morgan fingerprint density at radius 2 is 1.96 bits per heavy atom. The average molecular weight is 374 g/mol. The summed E-state index contributed by atoms with van der Waals surface area (Å²) in [6.45, 7) is 2.70. The summed E-state index contributed by atoms with van der Waals surface area (Å²) in [4.78, 5) is 27.4. The smallest absolute Gasteiger partial charge is 0.255 e. The number of piperidine rings is 1. The molecule has 3 aromatic heterocycles. The molecule has 1 aliphatic heterocycles. The molecule has 0 unspecified atom stereocenters. The Kier molecular flexibility index (Phi) is 4.32. The van der Waals surface area contributed by atoms with E-state index in [2.05, 4.69) is 15.0 Å². The Bertz CT molecular complexity index is 981. The van der Waals surface area contributed by atoms with E-state index < -0.39 is 6.17 Å². The van der Waals surface area contributed by atoms with Gasteiger partial charge in [-0.15, -0.1) is 0 Å². The van der Waals surface area contributed by atoms with Crippen LogP contribution in [0.15, 0.2) is 30.9 Å². The topological polar surface area (TPSA) is 63.9 Å². The molecule has 6 nitrogen and oxygen atoms in total. The SMILES string of the molecule is Cc1nccnc1-n1cc(Cl)c2cc(C(=O)N3CCC(F)CC3)cnc21. The molecule has 0 aromatic carbocycles. The second-order valence-electron chi connectivity index (χ2n) is 6.37. The van der Waals surface area contributed by atoms with E-state index in [0.29, 0.717) is 53.4 Å². The van der Waals surface area contributed by atoms with E-state index in [4.69, 9.17) is 11.6 Å². The number of hydrogen-bond acceptors (Lipinski definition) is 4. The number of aryl methyl sites for hydroxylation is 1. The van der Waals surface area contributed by atoms with E-state index in [1.165, 1.54) is 6.20 Å². The van der Waals surface area contributed by atoms with Crippen molar-refractivity contribution in [3.8, 4) is 5.82 Å². The molecular formula is C18H17ClFN5O. The van der Waals surface area contributed by atoms with Crippen LogP contribution in [0.25, 0.3) is 16.9 Å². The fraction of sp³-hybridized carbons (Fsp3) is 0.333. The lowest BCUT2D eigenvalue weighted by atomic mass is 10.1. The molecule has 3 aromatic rings. The summed E-state index contributed by atoms with van der Waals surface area (Å²) in [5.74, 6) is 0.492. The van der Waals surface area contributed by atoms with Crippen molar-refractivity contribution in [1.29, 1.82) is 0 Å². The van der Waals surface area contributed by atoms with Crippen LogP contribution < -0.4 is 0 Å².